The van der Waals surface area contributed by atoms with E-state index in [1.165, 1.54) is 321 Å². The molecule has 0 saturated carbocycles. The lowest BCUT2D eigenvalue weighted by atomic mass is 10.0. The van der Waals surface area contributed by atoms with Gasteiger partial charge in [0.15, 0.2) is 0 Å². The van der Waals surface area contributed by atoms with Crippen molar-refractivity contribution in [3.63, 3.8) is 0 Å². The van der Waals surface area contributed by atoms with Crippen LogP contribution in [0.3, 0.4) is 0 Å². The summed E-state index contributed by atoms with van der Waals surface area (Å²) in [7, 11) is 0. The topological polar surface area (TPSA) is 69.6 Å². The lowest BCUT2D eigenvalue weighted by molar-refractivity contribution is -0.123. The van der Waals surface area contributed by atoms with Gasteiger partial charge < -0.3 is 15.5 Å². The number of aliphatic hydroxyl groups is 2. The van der Waals surface area contributed by atoms with E-state index in [4.69, 9.17) is 0 Å². The van der Waals surface area contributed by atoms with Crippen LogP contribution in [0.4, 0.5) is 0 Å². The molecule has 0 aliphatic heterocycles. The molecule has 0 aliphatic carbocycles. The summed E-state index contributed by atoms with van der Waals surface area (Å²) in [5.41, 5.74) is 0. The molecule has 0 bridgehead atoms. The number of allylic oxidation sites excluding steroid dienone is 5. The van der Waals surface area contributed by atoms with E-state index in [1.807, 2.05) is 6.08 Å². The third kappa shape index (κ3) is 59.5. The van der Waals surface area contributed by atoms with E-state index in [9.17, 15) is 15.0 Å². The van der Waals surface area contributed by atoms with Gasteiger partial charge in [-0.25, -0.2) is 0 Å². The molecular formula is C68H131NO3. The van der Waals surface area contributed by atoms with Crippen LogP contribution in [-0.2, 0) is 4.79 Å². The van der Waals surface area contributed by atoms with E-state index in [0.29, 0.717) is 6.42 Å². The minimum atomic E-state index is -0.839. The van der Waals surface area contributed by atoms with Gasteiger partial charge in [-0.2, -0.15) is 0 Å². The summed E-state index contributed by atoms with van der Waals surface area (Å²) >= 11 is 0. The number of carbonyl (C=O) groups excluding carboxylic acids is 1. The summed E-state index contributed by atoms with van der Waals surface area (Å²) in [6.45, 7) is 4.34. The average molecular weight is 1010 g/mol. The van der Waals surface area contributed by atoms with Crippen molar-refractivity contribution in [3.05, 3.63) is 36.5 Å². The van der Waals surface area contributed by atoms with Crippen LogP contribution in [0.5, 0.6) is 0 Å². The molecule has 426 valence electrons. The number of amides is 1. The Kier molecular flexibility index (Phi) is 62.7. The average Bonchev–Trinajstić information content (AvgIpc) is 3.39. The number of aliphatic hydroxyl groups excluding tert-OH is 2. The normalized spacial score (nSPS) is 12.9. The Morgan fingerprint density at radius 2 is 0.569 bits per heavy atom. The Morgan fingerprint density at radius 1 is 0.333 bits per heavy atom. The van der Waals surface area contributed by atoms with E-state index in [0.717, 1.165) is 32.1 Å². The van der Waals surface area contributed by atoms with Crippen molar-refractivity contribution in [1.82, 2.24) is 5.32 Å². The van der Waals surface area contributed by atoms with E-state index in [1.54, 1.807) is 6.08 Å². The van der Waals surface area contributed by atoms with Crippen LogP contribution in [0, 0.1) is 0 Å². The van der Waals surface area contributed by atoms with Crippen molar-refractivity contribution < 1.29 is 15.0 Å². The highest BCUT2D eigenvalue weighted by molar-refractivity contribution is 5.76. The molecule has 2 atom stereocenters. The molecule has 0 rings (SSSR count). The first-order valence-electron chi connectivity index (χ1n) is 33.2. The highest BCUT2D eigenvalue weighted by atomic mass is 16.3. The van der Waals surface area contributed by atoms with Gasteiger partial charge in [-0.1, -0.05) is 352 Å². The first-order chi connectivity index (χ1) is 35.7. The standard InChI is InChI=1S/C68H131NO3/c1-3-5-7-9-11-13-15-17-19-21-23-25-27-29-30-31-32-33-34-35-36-37-38-40-42-44-46-48-50-52-54-56-58-60-62-64-68(72)69-66(65-70)67(71)63-61-59-57-55-53-51-49-47-45-43-41-39-28-26-24-22-20-18-16-14-12-10-8-6-4-2/h15,17,21,23,61,63,66-67,70-71H,3-14,16,18-20,22,24-60,62,64-65H2,1-2H3,(H,69,72)/b17-15-,23-21-,63-61+. The number of unbranched alkanes of at least 4 members (excludes halogenated alkanes) is 51. The van der Waals surface area contributed by atoms with E-state index >= 15 is 0 Å². The van der Waals surface area contributed by atoms with Crippen LogP contribution >= 0.6 is 0 Å². The Balaban J connectivity index is 3.42. The predicted octanol–water partition coefficient (Wildman–Crippen LogP) is 22.4. The minimum Gasteiger partial charge on any atom is -0.394 e. The minimum absolute atomic E-state index is 0.0558. The second-order valence-corrected chi connectivity index (χ2v) is 22.9. The van der Waals surface area contributed by atoms with Crippen LogP contribution in [0.1, 0.15) is 373 Å². The Morgan fingerprint density at radius 3 is 0.833 bits per heavy atom. The van der Waals surface area contributed by atoms with Crippen LogP contribution in [0.2, 0.25) is 0 Å². The third-order valence-electron chi connectivity index (χ3n) is 15.6. The van der Waals surface area contributed by atoms with E-state index < -0.39 is 12.1 Å². The Hall–Kier alpha value is -1.39. The maximum Gasteiger partial charge on any atom is 0.220 e. The largest absolute Gasteiger partial charge is 0.394 e. The highest BCUT2D eigenvalue weighted by Crippen LogP contribution is 2.19. The highest BCUT2D eigenvalue weighted by Gasteiger charge is 2.18. The lowest BCUT2D eigenvalue weighted by Crippen LogP contribution is -2.45. The van der Waals surface area contributed by atoms with Gasteiger partial charge in [0.2, 0.25) is 5.91 Å². The lowest BCUT2D eigenvalue weighted by Gasteiger charge is -2.20. The zero-order chi connectivity index (χ0) is 52.0. The van der Waals surface area contributed by atoms with Crippen molar-refractivity contribution in [2.45, 2.75) is 386 Å². The van der Waals surface area contributed by atoms with Crippen molar-refractivity contribution in [2.24, 2.45) is 0 Å². The molecule has 0 heterocycles. The van der Waals surface area contributed by atoms with Gasteiger partial charge in [0.05, 0.1) is 18.8 Å². The van der Waals surface area contributed by atoms with Gasteiger partial charge in [0, 0.05) is 6.42 Å². The van der Waals surface area contributed by atoms with Crippen LogP contribution in [0.15, 0.2) is 36.5 Å². The van der Waals surface area contributed by atoms with Crippen molar-refractivity contribution in [3.8, 4) is 0 Å². The summed E-state index contributed by atoms with van der Waals surface area (Å²) < 4.78 is 0. The molecule has 0 spiro atoms. The zero-order valence-corrected chi connectivity index (χ0v) is 49.2. The van der Waals surface area contributed by atoms with Crippen molar-refractivity contribution in [1.29, 1.82) is 0 Å². The van der Waals surface area contributed by atoms with Crippen LogP contribution in [-0.4, -0.2) is 34.9 Å². The molecule has 4 heteroatoms. The molecule has 72 heavy (non-hydrogen) atoms. The number of hydrogen-bond donors (Lipinski definition) is 3. The molecule has 0 aromatic carbocycles. The molecule has 4 nitrogen and oxygen atoms in total. The van der Waals surface area contributed by atoms with Gasteiger partial charge in [0.25, 0.3) is 0 Å². The maximum atomic E-state index is 12.5. The summed E-state index contributed by atoms with van der Waals surface area (Å²) in [5, 5.41) is 23.3. The molecule has 1 amide bonds. The molecule has 0 aromatic heterocycles. The summed E-state index contributed by atoms with van der Waals surface area (Å²) in [4.78, 5) is 12.5. The van der Waals surface area contributed by atoms with Gasteiger partial charge in [-0.3, -0.25) is 4.79 Å². The summed E-state index contributed by atoms with van der Waals surface area (Å²) in [5.74, 6) is -0.0558. The number of nitrogens with one attached hydrogen (secondary N) is 1. The van der Waals surface area contributed by atoms with Gasteiger partial charge in [-0.15, -0.1) is 0 Å². The molecular weight excluding hydrogens is 879 g/mol. The molecule has 2 unspecified atom stereocenters. The smallest absolute Gasteiger partial charge is 0.220 e. The van der Waals surface area contributed by atoms with Gasteiger partial charge >= 0.3 is 0 Å². The molecule has 0 fully saturated rings. The second-order valence-electron chi connectivity index (χ2n) is 22.9. The van der Waals surface area contributed by atoms with Crippen LogP contribution in [0.25, 0.3) is 0 Å². The maximum absolute atomic E-state index is 12.5. The zero-order valence-electron chi connectivity index (χ0n) is 49.2. The summed E-state index contributed by atoms with van der Waals surface area (Å²) in [6, 6.07) is -0.621. The predicted molar refractivity (Wildman–Crippen MR) is 322 cm³/mol. The fourth-order valence-corrected chi connectivity index (χ4v) is 10.6. The van der Waals surface area contributed by atoms with Gasteiger partial charge in [0.1, 0.15) is 0 Å². The van der Waals surface area contributed by atoms with Crippen molar-refractivity contribution in [2.75, 3.05) is 6.61 Å². The first kappa shape index (κ1) is 70.6. The molecule has 0 aliphatic rings. The van der Waals surface area contributed by atoms with Crippen molar-refractivity contribution >= 4 is 5.91 Å². The Labute approximate surface area is 452 Å². The number of carbonyl (C=O) groups is 1. The van der Waals surface area contributed by atoms with E-state index in [2.05, 4.69) is 43.5 Å². The molecule has 0 aromatic rings. The fourth-order valence-electron chi connectivity index (χ4n) is 10.6. The fraction of sp³-hybridized carbons (Fsp3) is 0.897. The van der Waals surface area contributed by atoms with E-state index in [-0.39, 0.29) is 12.5 Å². The number of rotatable bonds is 62. The first-order valence-corrected chi connectivity index (χ1v) is 33.2. The monoisotopic (exact) mass is 1010 g/mol. The quantitative estimate of drug-likeness (QED) is 0.0420. The van der Waals surface area contributed by atoms with Crippen LogP contribution < -0.4 is 5.32 Å². The third-order valence-corrected chi connectivity index (χ3v) is 15.6. The summed E-state index contributed by atoms with van der Waals surface area (Å²) in [6.07, 6.45) is 87.9. The molecule has 3 N–H and O–H groups in total. The number of hydrogen-bond acceptors (Lipinski definition) is 3. The molecule has 0 radical (unpaired) electrons. The second kappa shape index (κ2) is 63.9. The SMILES string of the molecule is CCCCCCC/C=C\C/C=C\CCCCCCCCCCCCCCCCCCCCCCCCCC(=O)NC(CO)C(O)/C=C/CCCCCCCCCCCCCCCCCCCCCCCCC. The Bertz CT molecular complexity index is 1100. The van der Waals surface area contributed by atoms with Gasteiger partial charge in [-0.05, 0) is 51.4 Å². The molecule has 0 saturated heterocycles.